The van der Waals surface area contributed by atoms with E-state index >= 15 is 0 Å². The van der Waals surface area contributed by atoms with Crippen LogP contribution in [0.25, 0.3) is 0 Å². The van der Waals surface area contributed by atoms with Crippen LogP contribution in [0, 0.1) is 0 Å². The summed E-state index contributed by atoms with van der Waals surface area (Å²) >= 11 is 6.27. The standard InChI is InChI=1S/C20H19ClN2O5/c1-20(13-3-5-14(26-2)6-4-13)18(24)23(19(25)22-20)11-12-9-15(21)17-16(10-12)27-7-8-28-17/h3-6,9-10H,7-8,11H2,1-2H3,(H,22,25). The number of rotatable bonds is 4. The fourth-order valence-electron chi connectivity index (χ4n) is 3.40. The first-order valence-corrected chi connectivity index (χ1v) is 9.17. The first kappa shape index (κ1) is 18.4. The van der Waals surface area contributed by atoms with Gasteiger partial charge in [0.15, 0.2) is 11.5 Å². The Labute approximate surface area is 167 Å². The molecule has 1 fully saturated rings. The Morgan fingerprint density at radius 3 is 2.61 bits per heavy atom. The molecule has 1 atom stereocenters. The number of hydrogen-bond donors (Lipinski definition) is 1. The molecule has 28 heavy (non-hydrogen) atoms. The fourth-order valence-corrected chi connectivity index (χ4v) is 3.69. The minimum absolute atomic E-state index is 0.0762. The van der Waals surface area contributed by atoms with Crippen LogP contribution < -0.4 is 19.5 Å². The monoisotopic (exact) mass is 402 g/mol. The van der Waals surface area contributed by atoms with Crippen LogP contribution >= 0.6 is 11.6 Å². The van der Waals surface area contributed by atoms with E-state index in [1.165, 1.54) is 4.90 Å². The SMILES string of the molecule is COc1ccc(C2(C)NC(=O)N(Cc3cc(Cl)c4c(c3)OCCO4)C2=O)cc1. The summed E-state index contributed by atoms with van der Waals surface area (Å²) in [6.07, 6.45) is 0. The number of imide groups is 1. The molecule has 1 saturated heterocycles. The van der Waals surface area contributed by atoms with Gasteiger partial charge in [-0.05, 0) is 42.3 Å². The number of nitrogens with zero attached hydrogens (tertiary/aromatic N) is 1. The molecule has 0 saturated carbocycles. The maximum atomic E-state index is 13.1. The van der Waals surface area contributed by atoms with Gasteiger partial charge in [-0.25, -0.2) is 4.79 Å². The maximum Gasteiger partial charge on any atom is 0.325 e. The second-order valence-corrected chi connectivity index (χ2v) is 7.18. The van der Waals surface area contributed by atoms with Gasteiger partial charge in [0.1, 0.15) is 24.5 Å². The predicted octanol–water partition coefficient (Wildman–Crippen LogP) is 3.09. The van der Waals surface area contributed by atoms with E-state index in [0.29, 0.717) is 46.6 Å². The molecule has 3 amide bonds. The zero-order valence-corrected chi connectivity index (χ0v) is 16.2. The van der Waals surface area contributed by atoms with E-state index in [0.717, 1.165) is 0 Å². The van der Waals surface area contributed by atoms with Crippen molar-refractivity contribution in [2.75, 3.05) is 20.3 Å². The highest BCUT2D eigenvalue weighted by molar-refractivity contribution is 6.32. The van der Waals surface area contributed by atoms with E-state index in [2.05, 4.69) is 5.32 Å². The van der Waals surface area contributed by atoms with Crippen molar-refractivity contribution in [1.29, 1.82) is 0 Å². The minimum atomic E-state index is -1.15. The van der Waals surface area contributed by atoms with Crippen LogP contribution in [0.15, 0.2) is 36.4 Å². The number of benzene rings is 2. The molecule has 0 spiro atoms. The third kappa shape index (κ3) is 3.01. The van der Waals surface area contributed by atoms with Crippen molar-refractivity contribution in [3.63, 3.8) is 0 Å². The number of ether oxygens (including phenoxy) is 3. The molecular formula is C20H19ClN2O5. The van der Waals surface area contributed by atoms with E-state index in [-0.39, 0.29) is 12.5 Å². The summed E-state index contributed by atoms with van der Waals surface area (Å²) in [6, 6.07) is 9.99. The molecule has 0 bridgehead atoms. The predicted molar refractivity (Wildman–Crippen MR) is 102 cm³/mol. The molecule has 0 aliphatic carbocycles. The Bertz CT molecular complexity index is 946. The van der Waals surface area contributed by atoms with Crippen molar-refractivity contribution in [3.8, 4) is 17.2 Å². The Balaban J connectivity index is 1.60. The van der Waals surface area contributed by atoms with Crippen LogP contribution in [-0.4, -0.2) is 37.2 Å². The molecule has 0 radical (unpaired) electrons. The van der Waals surface area contributed by atoms with E-state index in [1.807, 2.05) is 0 Å². The highest BCUT2D eigenvalue weighted by atomic mass is 35.5. The van der Waals surface area contributed by atoms with Gasteiger partial charge in [-0.3, -0.25) is 9.69 Å². The summed E-state index contributed by atoms with van der Waals surface area (Å²) < 4.78 is 16.2. The van der Waals surface area contributed by atoms with Crippen LogP contribution in [0.5, 0.6) is 17.2 Å². The minimum Gasteiger partial charge on any atom is -0.497 e. The number of methoxy groups -OCH3 is 1. The zero-order chi connectivity index (χ0) is 19.9. The van der Waals surface area contributed by atoms with Gasteiger partial charge in [0.05, 0.1) is 18.7 Å². The quantitative estimate of drug-likeness (QED) is 0.795. The van der Waals surface area contributed by atoms with Gasteiger partial charge >= 0.3 is 6.03 Å². The number of amides is 3. The van der Waals surface area contributed by atoms with Gasteiger partial charge in [0, 0.05) is 0 Å². The van der Waals surface area contributed by atoms with E-state index in [9.17, 15) is 9.59 Å². The first-order valence-electron chi connectivity index (χ1n) is 8.79. The number of halogens is 1. The molecule has 1 N–H and O–H groups in total. The van der Waals surface area contributed by atoms with Crippen molar-refractivity contribution in [2.45, 2.75) is 19.0 Å². The highest BCUT2D eigenvalue weighted by Gasteiger charge is 2.49. The lowest BCUT2D eigenvalue weighted by Crippen LogP contribution is -2.40. The van der Waals surface area contributed by atoms with Gasteiger partial charge in [0.25, 0.3) is 5.91 Å². The van der Waals surface area contributed by atoms with Crippen LogP contribution in [0.1, 0.15) is 18.1 Å². The lowest BCUT2D eigenvalue weighted by molar-refractivity contribution is -0.131. The summed E-state index contributed by atoms with van der Waals surface area (Å²) in [5, 5.41) is 3.18. The smallest absolute Gasteiger partial charge is 0.325 e. The summed E-state index contributed by atoms with van der Waals surface area (Å²) in [6.45, 7) is 2.61. The zero-order valence-electron chi connectivity index (χ0n) is 15.5. The largest absolute Gasteiger partial charge is 0.497 e. The number of carbonyl (C=O) groups excluding carboxylic acids is 2. The lowest BCUT2D eigenvalue weighted by atomic mass is 9.92. The Morgan fingerprint density at radius 1 is 1.18 bits per heavy atom. The molecule has 1 unspecified atom stereocenters. The second kappa shape index (κ2) is 6.91. The normalized spacial score (nSPS) is 20.9. The molecule has 0 aromatic heterocycles. The van der Waals surface area contributed by atoms with Gasteiger partial charge in [0.2, 0.25) is 0 Å². The Kier molecular flexibility index (Phi) is 4.55. The van der Waals surface area contributed by atoms with Crippen LogP contribution in [0.2, 0.25) is 5.02 Å². The van der Waals surface area contributed by atoms with Gasteiger partial charge in [-0.1, -0.05) is 23.7 Å². The van der Waals surface area contributed by atoms with Crippen molar-refractivity contribution in [2.24, 2.45) is 0 Å². The fraction of sp³-hybridized carbons (Fsp3) is 0.300. The topological polar surface area (TPSA) is 77.1 Å². The first-order chi connectivity index (χ1) is 13.4. The molecule has 8 heteroatoms. The average Bonchev–Trinajstić information content (AvgIpc) is 2.92. The summed E-state index contributed by atoms with van der Waals surface area (Å²) in [5.74, 6) is 1.33. The van der Waals surface area contributed by atoms with Crippen LogP contribution in [0.4, 0.5) is 4.79 Å². The molecule has 2 heterocycles. The van der Waals surface area contributed by atoms with E-state index < -0.39 is 11.6 Å². The summed E-state index contributed by atoms with van der Waals surface area (Å²) in [4.78, 5) is 26.8. The third-order valence-corrected chi connectivity index (χ3v) is 5.22. The summed E-state index contributed by atoms with van der Waals surface area (Å²) in [7, 11) is 1.57. The Hall–Kier alpha value is -2.93. The van der Waals surface area contributed by atoms with Crippen molar-refractivity contribution in [3.05, 3.63) is 52.5 Å². The van der Waals surface area contributed by atoms with Gasteiger partial charge in [-0.2, -0.15) is 0 Å². The molecule has 2 aromatic rings. The van der Waals surface area contributed by atoms with Gasteiger partial charge < -0.3 is 19.5 Å². The van der Waals surface area contributed by atoms with Crippen molar-refractivity contribution >= 4 is 23.5 Å². The van der Waals surface area contributed by atoms with Crippen molar-refractivity contribution < 1.29 is 23.8 Å². The number of hydrogen-bond acceptors (Lipinski definition) is 5. The molecule has 146 valence electrons. The molecule has 2 aromatic carbocycles. The molecular weight excluding hydrogens is 384 g/mol. The Morgan fingerprint density at radius 2 is 1.89 bits per heavy atom. The molecule has 2 aliphatic rings. The summed E-state index contributed by atoms with van der Waals surface area (Å²) in [5.41, 5.74) is 0.201. The number of nitrogens with one attached hydrogen (secondary N) is 1. The number of carbonyl (C=O) groups is 2. The highest BCUT2D eigenvalue weighted by Crippen LogP contribution is 2.39. The number of urea groups is 1. The van der Waals surface area contributed by atoms with Crippen LogP contribution in [0.3, 0.4) is 0 Å². The average molecular weight is 403 g/mol. The lowest BCUT2D eigenvalue weighted by Gasteiger charge is -2.23. The van der Waals surface area contributed by atoms with Gasteiger partial charge in [-0.15, -0.1) is 0 Å². The third-order valence-electron chi connectivity index (χ3n) is 4.94. The van der Waals surface area contributed by atoms with E-state index in [1.54, 1.807) is 50.4 Å². The second-order valence-electron chi connectivity index (χ2n) is 6.78. The molecule has 7 nitrogen and oxygen atoms in total. The van der Waals surface area contributed by atoms with Crippen LogP contribution in [-0.2, 0) is 16.9 Å². The van der Waals surface area contributed by atoms with Crippen molar-refractivity contribution in [1.82, 2.24) is 10.2 Å². The number of fused-ring (bicyclic) bond motifs is 1. The molecule has 4 rings (SSSR count). The molecule has 2 aliphatic heterocycles. The maximum absolute atomic E-state index is 13.1. The van der Waals surface area contributed by atoms with E-state index in [4.69, 9.17) is 25.8 Å².